The summed E-state index contributed by atoms with van der Waals surface area (Å²) in [6.07, 6.45) is 1.42. The monoisotopic (exact) mass is 438 g/mol. The highest BCUT2D eigenvalue weighted by atomic mass is 32.2. The predicted molar refractivity (Wildman–Crippen MR) is 116 cm³/mol. The van der Waals surface area contributed by atoms with Gasteiger partial charge in [-0.3, -0.25) is 13.9 Å². The number of ketones is 2. The molecule has 2 heterocycles. The Morgan fingerprint density at radius 3 is 2.19 bits per heavy atom. The normalized spacial score (nSPS) is 19.4. The van der Waals surface area contributed by atoms with Crippen molar-refractivity contribution in [2.24, 2.45) is 0 Å². The van der Waals surface area contributed by atoms with Crippen LogP contribution in [0.2, 0.25) is 0 Å². The van der Waals surface area contributed by atoms with E-state index in [0.29, 0.717) is 38.4 Å². The van der Waals surface area contributed by atoms with Gasteiger partial charge in [0.15, 0.2) is 4.91 Å². The van der Waals surface area contributed by atoms with Crippen LogP contribution in [-0.4, -0.2) is 57.7 Å². The molecule has 2 aliphatic heterocycles. The highest BCUT2D eigenvalue weighted by Crippen LogP contribution is 2.37. The van der Waals surface area contributed by atoms with E-state index >= 15 is 0 Å². The maximum atomic E-state index is 14.0. The molecule has 5 rings (SSSR count). The van der Waals surface area contributed by atoms with Crippen LogP contribution in [0.15, 0.2) is 59.1 Å². The molecule has 1 fully saturated rings. The van der Waals surface area contributed by atoms with Crippen molar-refractivity contribution in [3.05, 3.63) is 75.8 Å². The smallest absolute Gasteiger partial charge is 0.270 e. The van der Waals surface area contributed by atoms with Gasteiger partial charge in [0.25, 0.3) is 10.0 Å². The van der Waals surface area contributed by atoms with Crippen molar-refractivity contribution in [1.82, 2.24) is 4.90 Å². The maximum Gasteiger partial charge on any atom is 0.270 e. The molecule has 0 amide bonds. The fraction of sp³-hybridized carbons (Fsp3) is 0.304. The molecule has 0 radical (unpaired) electrons. The molecule has 3 aliphatic rings. The third kappa shape index (κ3) is 3.18. The van der Waals surface area contributed by atoms with E-state index in [0.717, 1.165) is 12.0 Å². The summed E-state index contributed by atoms with van der Waals surface area (Å²) in [4.78, 5) is 28.3. The fourth-order valence-electron chi connectivity index (χ4n) is 4.51. The molecule has 7 nitrogen and oxygen atoms in total. The number of benzene rings is 2. The van der Waals surface area contributed by atoms with Crippen molar-refractivity contribution in [2.45, 2.75) is 12.8 Å². The zero-order valence-corrected chi connectivity index (χ0v) is 17.7. The Balaban J connectivity index is 1.72. The second-order valence-corrected chi connectivity index (χ2v) is 9.59. The number of rotatable bonds is 3. The minimum atomic E-state index is -4.26. The third-order valence-electron chi connectivity index (χ3n) is 6.00. The Hall–Kier alpha value is -2.97. The first-order valence-corrected chi connectivity index (χ1v) is 11.8. The zero-order chi connectivity index (χ0) is 21.6. The molecule has 160 valence electrons. The van der Waals surface area contributed by atoms with Crippen LogP contribution in [-0.2, 0) is 21.2 Å². The van der Waals surface area contributed by atoms with Crippen LogP contribution in [0.4, 0.5) is 5.69 Å². The molecule has 0 aromatic heterocycles. The van der Waals surface area contributed by atoms with Crippen LogP contribution in [0, 0.1) is 0 Å². The van der Waals surface area contributed by atoms with E-state index in [-0.39, 0.29) is 23.4 Å². The first-order valence-electron chi connectivity index (χ1n) is 10.4. The Morgan fingerprint density at radius 1 is 0.806 bits per heavy atom. The maximum absolute atomic E-state index is 14.0. The van der Waals surface area contributed by atoms with Gasteiger partial charge in [-0.05, 0) is 24.5 Å². The molecule has 0 atom stereocenters. The van der Waals surface area contributed by atoms with E-state index in [1.165, 1.54) is 10.4 Å². The molecule has 8 heteroatoms. The van der Waals surface area contributed by atoms with Gasteiger partial charge in [0.1, 0.15) is 5.70 Å². The molecule has 0 bridgehead atoms. The van der Waals surface area contributed by atoms with E-state index in [4.69, 9.17) is 4.74 Å². The van der Waals surface area contributed by atoms with Gasteiger partial charge in [-0.2, -0.15) is 0 Å². The Morgan fingerprint density at radius 2 is 1.45 bits per heavy atom. The van der Waals surface area contributed by atoms with Crippen LogP contribution in [0.3, 0.4) is 0 Å². The summed E-state index contributed by atoms with van der Waals surface area (Å²) in [6, 6.07) is 13.7. The first kappa shape index (κ1) is 20.0. The highest BCUT2D eigenvalue weighted by Gasteiger charge is 2.44. The SMILES string of the molecule is O=C1C(N2CCOCC2)=C(S(=O)(=O)N2CCCc3ccccc32)C(=O)c2ccccc21. The Kier molecular flexibility index (Phi) is 4.91. The second kappa shape index (κ2) is 7.62. The molecule has 0 spiro atoms. The number of carbonyl (C=O) groups is 2. The molecule has 0 unspecified atom stereocenters. The van der Waals surface area contributed by atoms with E-state index in [1.54, 1.807) is 35.2 Å². The van der Waals surface area contributed by atoms with E-state index in [1.807, 2.05) is 12.1 Å². The summed E-state index contributed by atoms with van der Waals surface area (Å²) >= 11 is 0. The molecular weight excluding hydrogens is 416 g/mol. The first-order chi connectivity index (χ1) is 15.0. The number of para-hydroxylation sites is 1. The lowest BCUT2D eigenvalue weighted by atomic mass is 9.91. The van der Waals surface area contributed by atoms with Gasteiger partial charge >= 0.3 is 0 Å². The minimum Gasteiger partial charge on any atom is -0.378 e. The topological polar surface area (TPSA) is 84.0 Å². The lowest BCUT2D eigenvalue weighted by Crippen LogP contribution is -2.45. The van der Waals surface area contributed by atoms with Gasteiger partial charge in [-0.15, -0.1) is 0 Å². The largest absolute Gasteiger partial charge is 0.378 e. The van der Waals surface area contributed by atoms with Gasteiger partial charge in [0.05, 0.1) is 18.9 Å². The molecule has 1 aliphatic carbocycles. The van der Waals surface area contributed by atoms with Crippen molar-refractivity contribution in [3.63, 3.8) is 0 Å². The summed E-state index contributed by atoms with van der Waals surface area (Å²) in [5, 5.41) is 0. The van der Waals surface area contributed by atoms with Gasteiger partial charge < -0.3 is 9.64 Å². The predicted octanol–water partition coefficient (Wildman–Crippen LogP) is 2.39. The third-order valence-corrected chi connectivity index (χ3v) is 7.85. The molecule has 31 heavy (non-hydrogen) atoms. The quantitative estimate of drug-likeness (QED) is 0.732. The number of morpholine rings is 1. The summed E-state index contributed by atoms with van der Waals surface area (Å²) < 4.78 is 34.6. The van der Waals surface area contributed by atoms with E-state index in [9.17, 15) is 18.0 Å². The van der Waals surface area contributed by atoms with Crippen molar-refractivity contribution in [2.75, 3.05) is 37.2 Å². The van der Waals surface area contributed by atoms with Crippen LogP contribution in [0.25, 0.3) is 0 Å². The standard InChI is InChI=1S/C23H22N2O5S/c26-21-17-8-2-3-9-18(17)22(27)23(20(21)24-12-14-30-15-13-24)31(28,29)25-11-5-7-16-6-1-4-10-19(16)25/h1-4,6,8-10H,5,7,11-15H2. The van der Waals surface area contributed by atoms with Crippen LogP contribution < -0.4 is 4.31 Å². The number of sulfonamides is 1. The number of allylic oxidation sites excluding steroid dienone is 2. The van der Waals surface area contributed by atoms with Crippen LogP contribution >= 0.6 is 0 Å². The molecule has 0 N–H and O–H groups in total. The lowest BCUT2D eigenvalue weighted by molar-refractivity contribution is 0.0499. The Bertz CT molecular complexity index is 1210. The lowest BCUT2D eigenvalue weighted by Gasteiger charge is -2.36. The number of hydrogen-bond acceptors (Lipinski definition) is 6. The van der Waals surface area contributed by atoms with Crippen molar-refractivity contribution in [1.29, 1.82) is 0 Å². The van der Waals surface area contributed by atoms with Crippen molar-refractivity contribution in [3.8, 4) is 0 Å². The number of hydrogen-bond donors (Lipinski definition) is 0. The molecular formula is C23H22N2O5S. The van der Waals surface area contributed by atoms with Gasteiger partial charge in [0.2, 0.25) is 11.6 Å². The fourth-order valence-corrected chi connectivity index (χ4v) is 6.35. The molecule has 0 saturated carbocycles. The highest BCUT2D eigenvalue weighted by molar-refractivity contribution is 7.97. The molecule has 2 aromatic carbocycles. The number of fused-ring (bicyclic) bond motifs is 2. The summed E-state index contributed by atoms with van der Waals surface area (Å²) in [7, 11) is -4.26. The number of Topliss-reactive ketones (excluding diaryl/α,β-unsaturated/α-hetero) is 2. The molecule has 1 saturated heterocycles. The number of anilines is 1. The van der Waals surface area contributed by atoms with E-state index in [2.05, 4.69) is 0 Å². The van der Waals surface area contributed by atoms with Gasteiger partial charge in [-0.25, -0.2) is 8.42 Å². The van der Waals surface area contributed by atoms with Crippen molar-refractivity contribution >= 4 is 27.3 Å². The van der Waals surface area contributed by atoms with Gasteiger partial charge in [0, 0.05) is 30.8 Å². The summed E-state index contributed by atoms with van der Waals surface area (Å²) in [6.45, 7) is 1.71. The number of aryl methyl sites for hydroxylation is 1. The minimum absolute atomic E-state index is 0.0324. The summed E-state index contributed by atoms with van der Waals surface area (Å²) in [5.41, 5.74) is 1.83. The second-order valence-electron chi connectivity index (χ2n) is 7.79. The molecule has 2 aromatic rings. The number of nitrogens with zero attached hydrogens (tertiary/aromatic N) is 2. The van der Waals surface area contributed by atoms with Crippen LogP contribution in [0.5, 0.6) is 0 Å². The number of carbonyl (C=O) groups excluding carboxylic acids is 2. The summed E-state index contributed by atoms with van der Waals surface area (Å²) in [5.74, 6) is -1.05. The average molecular weight is 439 g/mol. The van der Waals surface area contributed by atoms with Gasteiger partial charge in [-0.1, -0.05) is 42.5 Å². The van der Waals surface area contributed by atoms with Crippen molar-refractivity contribution < 1.29 is 22.7 Å². The zero-order valence-electron chi connectivity index (χ0n) is 16.9. The van der Waals surface area contributed by atoms with E-state index < -0.39 is 26.5 Å². The van der Waals surface area contributed by atoms with Crippen LogP contribution in [0.1, 0.15) is 32.7 Å². The average Bonchev–Trinajstić information content (AvgIpc) is 2.81. The Labute approximate surface area is 181 Å². The number of ether oxygens (including phenoxy) is 1.